The van der Waals surface area contributed by atoms with Gasteiger partial charge < -0.3 is 0 Å². The molecule has 0 fully saturated rings. The van der Waals surface area contributed by atoms with Crippen molar-refractivity contribution in [1.82, 2.24) is 10.2 Å². The Morgan fingerprint density at radius 1 is 1.45 bits per heavy atom. The number of benzene rings is 1. The summed E-state index contributed by atoms with van der Waals surface area (Å²) in [4.78, 5) is 0. The zero-order valence-corrected chi connectivity index (χ0v) is 6.18. The van der Waals surface area contributed by atoms with E-state index in [1.807, 2.05) is 0 Å². The lowest BCUT2D eigenvalue weighted by atomic mass is 10.2. The standard InChI is InChI=1S/C8H5ClN2/c9-7-1-2-8-6(5-7)3-4-10-11-8/h1-5H/i3D,4D,5D. The molecule has 11 heavy (non-hydrogen) atoms. The molecule has 0 atom stereocenters. The highest BCUT2D eigenvalue weighted by molar-refractivity contribution is 6.31. The highest BCUT2D eigenvalue weighted by atomic mass is 35.5. The van der Waals surface area contributed by atoms with Crippen LogP contribution in [0.4, 0.5) is 0 Å². The van der Waals surface area contributed by atoms with E-state index in [0.717, 1.165) is 0 Å². The van der Waals surface area contributed by atoms with Crippen LogP contribution in [0.1, 0.15) is 4.11 Å². The van der Waals surface area contributed by atoms with Crippen molar-refractivity contribution in [3.8, 4) is 0 Å². The third-order valence-corrected chi connectivity index (χ3v) is 1.50. The molecule has 0 saturated heterocycles. The topological polar surface area (TPSA) is 25.8 Å². The van der Waals surface area contributed by atoms with E-state index in [1.165, 1.54) is 6.07 Å². The van der Waals surface area contributed by atoms with Crippen molar-refractivity contribution in [2.24, 2.45) is 0 Å². The summed E-state index contributed by atoms with van der Waals surface area (Å²) >= 11 is 5.73. The molecule has 0 aliphatic rings. The van der Waals surface area contributed by atoms with Gasteiger partial charge in [-0.3, -0.25) is 0 Å². The number of fused-ring (bicyclic) bond motifs is 1. The lowest BCUT2D eigenvalue weighted by molar-refractivity contribution is 1.08. The molecule has 3 heteroatoms. The highest BCUT2D eigenvalue weighted by Crippen LogP contribution is 2.15. The van der Waals surface area contributed by atoms with Crippen LogP contribution < -0.4 is 0 Å². The molecule has 0 saturated carbocycles. The van der Waals surface area contributed by atoms with Gasteiger partial charge in [-0.2, -0.15) is 10.2 Å². The first kappa shape index (κ1) is 4.02. The van der Waals surface area contributed by atoms with Crippen LogP contribution in [0.3, 0.4) is 0 Å². The Balaban J connectivity index is 2.98. The summed E-state index contributed by atoms with van der Waals surface area (Å²) in [6.07, 6.45) is -0.242. The lowest BCUT2D eigenvalue weighted by Crippen LogP contribution is -1.80. The van der Waals surface area contributed by atoms with Crippen molar-refractivity contribution in [3.05, 3.63) is 35.4 Å². The van der Waals surface area contributed by atoms with Crippen molar-refractivity contribution < 1.29 is 4.11 Å². The van der Waals surface area contributed by atoms with Gasteiger partial charge in [0.25, 0.3) is 0 Å². The Morgan fingerprint density at radius 2 is 2.36 bits per heavy atom. The van der Waals surface area contributed by atoms with Crippen molar-refractivity contribution in [1.29, 1.82) is 0 Å². The minimum absolute atomic E-state index is 0.0255. The maximum absolute atomic E-state index is 7.62. The second-order valence-corrected chi connectivity index (χ2v) is 2.41. The summed E-state index contributed by atoms with van der Waals surface area (Å²) in [7, 11) is 0. The molecule has 2 rings (SSSR count). The van der Waals surface area contributed by atoms with Gasteiger partial charge in [0.1, 0.15) is 0 Å². The normalized spacial score (nSPS) is 14.1. The lowest BCUT2D eigenvalue weighted by Gasteiger charge is -1.93. The number of halogens is 1. The van der Waals surface area contributed by atoms with E-state index < -0.39 is 0 Å². The van der Waals surface area contributed by atoms with Crippen LogP contribution in [0.2, 0.25) is 5.02 Å². The number of nitrogens with zero attached hydrogens (tertiary/aromatic N) is 2. The van der Waals surface area contributed by atoms with Crippen LogP contribution in [-0.2, 0) is 0 Å². The molecule has 1 aromatic heterocycles. The minimum atomic E-state index is -0.242. The van der Waals surface area contributed by atoms with Crippen molar-refractivity contribution in [2.75, 3.05) is 0 Å². The Bertz CT molecular complexity index is 473. The third-order valence-electron chi connectivity index (χ3n) is 1.28. The summed E-state index contributed by atoms with van der Waals surface area (Å²) in [6, 6.07) is 3.03. The molecular weight excluding hydrogens is 160 g/mol. The van der Waals surface area contributed by atoms with Gasteiger partial charge in [0.15, 0.2) is 0 Å². The maximum atomic E-state index is 7.62. The first-order chi connectivity index (χ1) is 6.61. The molecule has 0 amide bonds. The Labute approximate surface area is 73.0 Å². The van der Waals surface area contributed by atoms with Gasteiger partial charge in [-0.1, -0.05) is 11.6 Å². The summed E-state index contributed by atoms with van der Waals surface area (Å²) in [6.45, 7) is 0. The summed E-state index contributed by atoms with van der Waals surface area (Å²) < 4.78 is 22.5. The van der Waals surface area contributed by atoms with Crippen LogP contribution >= 0.6 is 11.6 Å². The minimum Gasteiger partial charge on any atom is -0.159 e. The summed E-state index contributed by atoms with van der Waals surface area (Å²) in [5, 5.41) is 7.71. The molecule has 0 bridgehead atoms. The first-order valence-corrected chi connectivity index (χ1v) is 3.37. The van der Waals surface area contributed by atoms with E-state index in [1.54, 1.807) is 6.07 Å². The average Bonchev–Trinajstić information content (AvgIpc) is 2.17. The molecule has 0 spiro atoms. The van der Waals surface area contributed by atoms with Crippen LogP contribution in [0.25, 0.3) is 10.9 Å². The molecule has 0 radical (unpaired) electrons. The van der Waals surface area contributed by atoms with E-state index in [2.05, 4.69) is 10.2 Å². The molecule has 2 aromatic rings. The summed E-state index contributed by atoms with van der Waals surface area (Å²) in [5.41, 5.74) is 0.417. The molecule has 54 valence electrons. The SMILES string of the molecule is [2H]c1nnc2ccc(Cl)c([2H])c2c1[2H]. The number of rotatable bonds is 0. The monoisotopic (exact) mass is 167 g/mol. The second-order valence-electron chi connectivity index (χ2n) is 2.00. The van der Waals surface area contributed by atoms with Crippen molar-refractivity contribution >= 4 is 22.5 Å². The molecule has 0 N–H and O–H groups in total. The Morgan fingerprint density at radius 3 is 3.27 bits per heavy atom. The first-order valence-electron chi connectivity index (χ1n) is 4.50. The van der Waals surface area contributed by atoms with E-state index in [9.17, 15) is 0 Å². The van der Waals surface area contributed by atoms with Crippen molar-refractivity contribution in [3.63, 3.8) is 0 Å². The largest absolute Gasteiger partial charge is 0.159 e. The van der Waals surface area contributed by atoms with Gasteiger partial charge in [-0.05, 0) is 24.2 Å². The fourth-order valence-corrected chi connectivity index (χ4v) is 0.956. The van der Waals surface area contributed by atoms with Gasteiger partial charge in [-0.15, -0.1) is 0 Å². The fourth-order valence-electron chi connectivity index (χ4n) is 0.799. The predicted octanol–water partition coefficient (Wildman–Crippen LogP) is 2.28. The van der Waals surface area contributed by atoms with Crippen LogP contribution in [-0.4, -0.2) is 10.2 Å². The highest BCUT2D eigenvalue weighted by Gasteiger charge is 1.93. The molecule has 1 aromatic carbocycles. The zero-order chi connectivity index (χ0) is 10.3. The van der Waals surface area contributed by atoms with E-state index in [4.69, 9.17) is 15.7 Å². The average molecular weight is 168 g/mol. The van der Waals surface area contributed by atoms with Gasteiger partial charge in [-0.25, -0.2) is 0 Å². The Kier molecular flexibility index (Phi) is 0.904. The van der Waals surface area contributed by atoms with Gasteiger partial charge >= 0.3 is 0 Å². The molecule has 1 heterocycles. The second kappa shape index (κ2) is 2.47. The smallest absolute Gasteiger partial charge is 0.0930 e. The number of hydrogen-bond acceptors (Lipinski definition) is 2. The summed E-state index contributed by atoms with van der Waals surface area (Å²) in [5.74, 6) is 0. The molecule has 2 nitrogen and oxygen atoms in total. The maximum Gasteiger partial charge on any atom is 0.0930 e. The zero-order valence-electron chi connectivity index (χ0n) is 8.43. The Hall–Kier alpha value is -1.15. The molecular formula is C8H5ClN2. The quantitative estimate of drug-likeness (QED) is 0.602. The molecule has 0 unspecified atom stereocenters. The number of hydrogen-bond donors (Lipinski definition) is 0. The van der Waals surface area contributed by atoms with Gasteiger partial charge in [0.2, 0.25) is 0 Å². The van der Waals surface area contributed by atoms with Crippen LogP contribution in [0.5, 0.6) is 0 Å². The van der Waals surface area contributed by atoms with Gasteiger partial charge in [0, 0.05) is 10.4 Å². The van der Waals surface area contributed by atoms with E-state index >= 15 is 0 Å². The van der Waals surface area contributed by atoms with Crippen LogP contribution in [0.15, 0.2) is 30.4 Å². The number of aromatic nitrogens is 2. The van der Waals surface area contributed by atoms with Crippen LogP contribution in [0, 0.1) is 0 Å². The molecule has 0 aliphatic heterocycles. The van der Waals surface area contributed by atoms with E-state index in [0.29, 0.717) is 5.52 Å². The third kappa shape index (κ3) is 1.17. The van der Waals surface area contributed by atoms with Crippen molar-refractivity contribution in [2.45, 2.75) is 0 Å². The molecule has 0 aliphatic carbocycles. The predicted molar refractivity (Wildman–Crippen MR) is 44.5 cm³/mol. The van der Waals surface area contributed by atoms with E-state index in [-0.39, 0.29) is 28.7 Å². The van der Waals surface area contributed by atoms with Gasteiger partial charge in [0.05, 0.1) is 15.8 Å². The fraction of sp³-hybridized carbons (Fsp3) is 0.